The van der Waals surface area contributed by atoms with Gasteiger partial charge >= 0.3 is 6.05 Å². The average molecular weight is 398 g/mol. The van der Waals surface area contributed by atoms with Crippen LogP contribution in [0.1, 0.15) is 63.9 Å². The molecule has 2 aromatic rings. The van der Waals surface area contributed by atoms with Crippen molar-refractivity contribution in [1.82, 2.24) is 15.5 Å². The monoisotopic (exact) mass is 398 g/mol. The number of ether oxygens (including phenoxy) is 1. The van der Waals surface area contributed by atoms with E-state index >= 15 is 0 Å². The number of H-pyrrole nitrogens is 1. The average Bonchev–Trinajstić information content (AvgIpc) is 3.11. The van der Waals surface area contributed by atoms with Gasteiger partial charge in [-0.1, -0.05) is 0 Å². The lowest BCUT2D eigenvalue weighted by Gasteiger charge is -2.41. The summed E-state index contributed by atoms with van der Waals surface area (Å²) in [6.45, 7) is 7.13. The minimum Gasteiger partial charge on any atom is -0.366 e. The normalized spacial score (nSPS) is 18.0. The van der Waals surface area contributed by atoms with Crippen LogP contribution in [0.25, 0.3) is 0 Å². The minimum absolute atomic E-state index is 0.124. The van der Waals surface area contributed by atoms with Crippen LogP contribution in [-0.4, -0.2) is 27.6 Å². The lowest BCUT2D eigenvalue weighted by molar-refractivity contribution is -0.135. The second-order valence-electron chi connectivity index (χ2n) is 7.53. The molecule has 0 unspecified atom stereocenters. The van der Waals surface area contributed by atoms with Gasteiger partial charge in [0.2, 0.25) is 5.91 Å². The minimum atomic E-state index is -3.80. The topological polar surface area (TPSA) is 110 Å². The van der Waals surface area contributed by atoms with E-state index in [0.717, 1.165) is 11.3 Å². The number of hydrogen-bond donors (Lipinski definition) is 3. The molecule has 1 aliphatic heterocycles. The quantitative estimate of drug-likeness (QED) is 0.688. The van der Waals surface area contributed by atoms with E-state index in [1.165, 1.54) is 12.3 Å². The van der Waals surface area contributed by atoms with Crippen molar-refractivity contribution in [3.8, 4) is 0 Å². The Bertz CT molecular complexity index is 904. The third-order valence-electron chi connectivity index (χ3n) is 4.24. The first-order valence-corrected chi connectivity index (χ1v) is 9.02. The molecular weight excluding hydrogens is 378 g/mol. The van der Waals surface area contributed by atoms with Gasteiger partial charge in [-0.2, -0.15) is 13.9 Å². The molecule has 146 valence electrons. The van der Waals surface area contributed by atoms with E-state index in [2.05, 4.69) is 10.2 Å². The van der Waals surface area contributed by atoms with Crippen LogP contribution in [0, 0.1) is 0 Å². The summed E-state index contributed by atoms with van der Waals surface area (Å²) in [6, 6.07) is -2.53. The molecule has 0 radical (unpaired) electrons. The highest BCUT2D eigenvalue weighted by Gasteiger charge is 2.48. The van der Waals surface area contributed by atoms with Crippen molar-refractivity contribution in [3.63, 3.8) is 0 Å². The van der Waals surface area contributed by atoms with Crippen LogP contribution >= 0.6 is 11.3 Å². The Balaban J connectivity index is 2.09. The Morgan fingerprint density at radius 2 is 2.04 bits per heavy atom. The predicted molar refractivity (Wildman–Crippen MR) is 94.7 cm³/mol. The number of rotatable bonds is 4. The summed E-state index contributed by atoms with van der Waals surface area (Å²) >= 11 is 0.728. The third kappa shape index (κ3) is 3.46. The number of fused-ring (bicyclic) bond motifs is 1. The molecule has 0 aliphatic carbocycles. The van der Waals surface area contributed by atoms with Crippen LogP contribution in [0.2, 0.25) is 0 Å². The number of carbonyl (C=O) groups is 2. The SMILES string of the molecule is CC1(C)Cc2c(sc(C(F)(F)NC(=O)c3ccn[nH]3)c2C(N)=O)C(C)(C)O1. The summed E-state index contributed by atoms with van der Waals surface area (Å²) in [6.07, 6.45) is 1.53. The number of nitrogens with zero attached hydrogens (tertiary/aromatic N) is 1. The van der Waals surface area contributed by atoms with Gasteiger partial charge in [-0.25, -0.2) is 0 Å². The molecular formula is C17H20F2N4O3S. The molecule has 0 atom stereocenters. The third-order valence-corrected chi connectivity index (χ3v) is 5.84. The van der Waals surface area contributed by atoms with E-state index in [0.29, 0.717) is 10.4 Å². The highest BCUT2D eigenvalue weighted by atomic mass is 32.1. The number of amides is 2. The summed E-state index contributed by atoms with van der Waals surface area (Å²) in [7, 11) is 0. The Morgan fingerprint density at radius 1 is 1.37 bits per heavy atom. The fourth-order valence-corrected chi connectivity index (χ4v) is 4.74. The lowest BCUT2D eigenvalue weighted by atomic mass is 9.86. The Hall–Kier alpha value is -2.33. The first-order valence-electron chi connectivity index (χ1n) is 8.20. The van der Waals surface area contributed by atoms with Gasteiger partial charge in [0.25, 0.3) is 5.91 Å². The van der Waals surface area contributed by atoms with Gasteiger partial charge in [-0.3, -0.25) is 20.0 Å². The molecule has 7 nitrogen and oxygen atoms in total. The maximum atomic E-state index is 14.9. The standard InChI is InChI=1S/C17H20F2N4O3S/c1-15(2)7-8-10(13(20)24)12(27-11(8)16(3,4)26-15)17(18,19)22-14(25)9-5-6-21-23-9/h5-6H,7H2,1-4H3,(H2,20,24)(H,21,23)(H,22,25). The number of primary amides is 1. The number of aromatic nitrogens is 2. The van der Waals surface area contributed by atoms with Crippen molar-refractivity contribution >= 4 is 23.2 Å². The maximum Gasteiger partial charge on any atom is 0.362 e. The molecule has 0 fully saturated rings. The van der Waals surface area contributed by atoms with Crippen LogP contribution in [0.5, 0.6) is 0 Å². The molecule has 2 aromatic heterocycles. The summed E-state index contributed by atoms with van der Waals surface area (Å²) in [4.78, 5) is 24.0. The number of thiophene rings is 1. The summed E-state index contributed by atoms with van der Waals surface area (Å²) in [5.74, 6) is -2.01. The first kappa shape index (κ1) is 19.4. The molecule has 27 heavy (non-hydrogen) atoms. The molecule has 3 rings (SSSR count). The van der Waals surface area contributed by atoms with Gasteiger partial charge in [0.1, 0.15) is 10.6 Å². The zero-order chi connectivity index (χ0) is 20.2. The fourth-order valence-electron chi connectivity index (χ4n) is 3.45. The van der Waals surface area contributed by atoms with Crippen LogP contribution in [0.3, 0.4) is 0 Å². The van der Waals surface area contributed by atoms with Crippen molar-refractivity contribution in [2.24, 2.45) is 5.73 Å². The highest BCUT2D eigenvalue weighted by molar-refractivity contribution is 7.12. The van der Waals surface area contributed by atoms with Crippen molar-refractivity contribution in [3.05, 3.63) is 38.8 Å². The van der Waals surface area contributed by atoms with E-state index in [4.69, 9.17) is 10.5 Å². The first-order chi connectivity index (χ1) is 12.3. The molecule has 10 heteroatoms. The maximum absolute atomic E-state index is 14.9. The summed E-state index contributed by atoms with van der Waals surface area (Å²) < 4.78 is 35.9. The van der Waals surface area contributed by atoms with Crippen molar-refractivity contribution < 1.29 is 23.1 Å². The molecule has 0 spiro atoms. The van der Waals surface area contributed by atoms with E-state index in [-0.39, 0.29) is 17.7 Å². The van der Waals surface area contributed by atoms with Gasteiger partial charge < -0.3 is 10.5 Å². The molecule has 4 N–H and O–H groups in total. The number of carbonyl (C=O) groups excluding carboxylic acids is 2. The van der Waals surface area contributed by atoms with E-state index in [1.807, 2.05) is 13.8 Å². The largest absolute Gasteiger partial charge is 0.366 e. The van der Waals surface area contributed by atoms with Gasteiger partial charge in [-0.05, 0) is 39.3 Å². The molecule has 1 aliphatic rings. The van der Waals surface area contributed by atoms with E-state index in [9.17, 15) is 18.4 Å². The predicted octanol–water partition coefficient (Wildman–Crippen LogP) is 2.64. The van der Waals surface area contributed by atoms with E-state index < -0.39 is 33.9 Å². The molecule has 0 saturated heterocycles. The molecule has 2 amide bonds. The zero-order valence-electron chi connectivity index (χ0n) is 15.3. The number of alkyl halides is 2. The van der Waals surface area contributed by atoms with Crippen LogP contribution in [0.4, 0.5) is 8.78 Å². The Labute approximate surface area is 158 Å². The second kappa shape index (κ2) is 6.10. The van der Waals surface area contributed by atoms with Crippen molar-refractivity contribution in [2.75, 3.05) is 0 Å². The van der Waals surface area contributed by atoms with Crippen molar-refractivity contribution in [2.45, 2.75) is 51.4 Å². The van der Waals surface area contributed by atoms with Crippen molar-refractivity contribution in [1.29, 1.82) is 0 Å². The second-order valence-corrected chi connectivity index (χ2v) is 8.55. The van der Waals surface area contributed by atoms with Crippen LogP contribution in [0.15, 0.2) is 12.3 Å². The number of hydrogen-bond acceptors (Lipinski definition) is 5. The lowest BCUT2D eigenvalue weighted by Crippen LogP contribution is -2.42. The molecule has 3 heterocycles. The Morgan fingerprint density at radius 3 is 2.59 bits per heavy atom. The zero-order valence-corrected chi connectivity index (χ0v) is 16.1. The number of aromatic amines is 1. The number of nitrogens with one attached hydrogen (secondary N) is 2. The van der Waals surface area contributed by atoms with E-state index in [1.54, 1.807) is 19.2 Å². The molecule has 0 aromatic carbocycles. The molecule has 0 saturated carbocycles. The fraction of sp³-hybridized carbons (Fsp3) is 0.471. The number of nitrogens with two attached hydrogens (primary N) is 1. The Kier molecular flexibility index (Phi) is 4.39. The number of halogens is 2. The van der Waals surface area contributed by atoms with Crippen LogP contribution < -0.4 is 11.1 Å². The summed E-state index contributed by atoms with van der Waals surface area (Å²) in [5.41, 5.74) is 3.97. The van der Waals surface area contributed by atoms with Gasteiger partial charge in [0.05, 0.1) is 16.8 Å². The van der Waals surface area contributed by atoms with Crippen LogP contribution in [-0.2, 0) is 22.8 Å². The highest BCUT2D eigenvalue weighted by Crippen LogP contribution is 2.49. The van der Waals surface area contributed by atoms with Gasteiger partial charge in [0.15, 0.2) is 0 Å². The smallest absolute Gasteiger partial charge is 0.362 e. The van der Waals surface area contributed by atoms with Gasteiger partial charge in [-0.15, -0.1) is 11.3 Å². The summed E-state index contributed by atoms with van der Waals surface area (Å²) in [5, 5.41) is 7.52. The molecule has 0 bridgehead atoms. The van der Waals surface area contributed by atoms with Gasteiger partial charge in [0, 0.05) is 17.5 Å².